The third kappa shape index (κ3) is 6.22. The fraction of sp³-hybridized carbons (Fsp3) is 0. The van der Waals surface area contributed by atoms with Gasteiger partial charge < -0.3 is 0 Å². The number of hydrogen-bond donors (Lipinski definition) is 0. The molecule has 11 aromatic carbocycles. The van der Waals surface area contributed by atoms with Gasteiger partial charge in [0.15, 0.2) is 0 Å². The summed E-state index contributed by atoms with van der Waals surface area (Å²) in [6, 6.07) is 84.9. The summed E-state index contributed by atoms with van der Waals surface area (Å²) in [4.78, 5) is 0. The van der Waals surface area contributed by atoms with E-state index in [0.29, 0.717) is 0 Å². The van der Waals surface area contributed by atoms with E-state index in [4.69, 9.17) is 0 Å². The van der Waals surface area contributed by atoms with E-state index in [1.165, 1.54) is 110 Å². The van der Waals surface area contributed by atoms with Gasteiger partial charge >= 0.3 is 0 Å². The lowest BCUT2D eigenvalue weighted by Gasteiger charge is -2.17. The minimum Gasteiger partial charge on any atom is -0.0622 e. The van der Waals surface area contributed by atoms with Crippen LogP contribution >= 0.6 is 0 Å². The molecule has 0 aliphatic heterocycles. The second kappa shape index (κ2) is 14.2. The third-order valence-corrected chi connectivity index (χ3v) is 11.7. The molecule has 0 atom stereocenters. The average Bonchev–Trinajstić information content (AvgIpc) is 3.31. The van der Waals surface area contributed by atoms with Crippen LogP contribution in [-0.4, -0.2) is 0 Å². The van der Waals surface area contributed by atoms with Crippen LogP contribution in [0.3, 0.4) is 0 Å². The second-order valence-electron chi connectivity index (χ2n) is 15.4. The lowest BCUT2D eigenvalue weighted by atomic mass is 9.87. The predicted octanol–water partition coefficient (Wildman–Crippen LogP) is 16.3. The van der Waals surface area contributed by atoms with Crippen molar-refractivity contribution in [3.05, 3.63) is 231 Å². The fourth-order valence-electron chi connectivity index (χ4n) is 8.78. The molecule has 0 aliphatic rings. The van der Waals surface area contributed by atoms with Crippen LogP contribution in [0.2, 0.25) is 0 Å². The molecule has 0 radical (unpaired) electrons. The molecule has 0 spiro atoms. The van der Waals surface area contributed by atoms with E-state index >= 15 is 0 Å². The molecule has 58 heavy (non-hydrogen) atoms. The van der Waals surface area contributed by atoms with Gasteiger partial charge in [0.1, 0.15) is 0 Å². The molecule has 0 heterocycles. The van der Waals surface area contributed by atoms with Crippen molar-refractivity contribution in [3.8, 4) is 66.8 Å². The Morgan fingerprint density at radius 1 is 0.155 bits per heavy atom. The van der Waals surface area contributed by atoms with Gasteiger partial charge in [-0.15, -0.1) is 0 Å². The topological polar surface area (TPSA) is 0 Å². The number of rotatable bonds is 6. The van der Waals surface area contributed by atoms with Gasteiger partial charge in [0.05, 0.1) is 0 Å². The van der Waals surface area contributed by atoms with Gasteiger partial charge in [0.2, 0.25) is 0 Å². The van der Waals surface area contributed by atoms with Crippen LogP contribution in [0.1, 0.15) is 0 Å². The van der Waals surface area contributed by atoms with Crippen LogP contribution < -0.4 is 0 Å². The summed E-state index contributed by atoms with van der Waals surface area (Å²) in [6.45, 7) is 0. The van der Waals surface area contributed by atoms with Crippen LogP contribution in [0.5, 0.6) is 0 Å². The molecule has 0 bridgehead atoms. The van der Waals surface area contributed by atoms with E-state index < -0.39 is 0 Å². The van der Waals surface area contributed by atoms with Crippen molar-refractivity contribution in [2.75, 3.05) is 0 Å². The summed E-state index contributed by atoms with van der Waals surface area (Å²) < 4.78 is 0. The second-order valence-corrected chi connectivity index (χ2v) is 15.4. The quantitative estimate of drug-likeness (QED) is 0.149. The minimum absolute atomic E-state index is 1.18. The van der Waals surface area contributed by atoms with E-state index in [-0.39, 0.29) is 0 Å². The molecule has 11 aromatic rings. The Bertz CT molecular complexity index is 3330. The van der Waals surface area contributed by atoms with E-state index in [9.17, 15) is 0 Å². The predicted molar refractivity (Wildman–Crippen MR) is 249 cm³/mol. The molecular weight excluding hydrogens is 697 g/mol. The number of fused-ring (bicyclic) bond motifs is 5. The highest BCUT2D eigenvalue weighted by molar-refractivity contribution is 6.14. The Labute approximate surface area is 339 Å². The van der Waals surface area contributed by atoms with Gasteiger partial charge in [-0.25, -0.2) is 0 Å². The highest BCUT2D eigenvalue weighted by Crippen LogP contribution is 2.41. The van der Waals surface area contributed by atoms with E-state index in [2.05, 4.69) is 231 Å². The van der Waals surface area contributed by atoms with Crippen LogP contribution in [0.25, 0.3) is 110 Å². The Balaban J connectivity index is 1.15. The summed E-state index contributed by atoms with van der Waals surface area (Å²) in [5.41, 5.74) is 14.4. The van der Waals surface area contributed by atoms with Crippen molar-refractivity contribution >= 4 is 43.1 Å². The van der Waals surface area contributed by atoms with Gasteiger partial charge in [0, 0.05) is 0 Å². The van der Waals surface area contributed by atoms with Crippen molar-refractivity contribution in [1.82, 2.24) is 0 Å². The average molecular weight is 735 g/mol. The summed E-state index contributed by atoms with van der Waals surface area (Å²) >= 11 is 0. The zero-order chi connectivity index (χ0) is 38.4. The Hall–Kier alpha value is -7.54. The minimum atomic E-state index is 1.18. The number of hydrogen-bond acceptors (Lipinski definition) is 0. The summed E-state index contributed by atoms with van der Waals surface area (Å²) in [6.07, 6.45) is 0. The molecule has 0 aromatic heterocycles. The zero-order valence-electron chi connectivity index (χ0n) is 31.9. The van der Waals surface area contributed by atoms with Crippen molar-refractivity contribution in [2.24, 2.45) is 0 Å². The SMILES string of the molecule is c1ccc(-c2cc(-c3cc(-c4cccc(-c5ccc6ccccc6c5)c4)cc(-c4cc5ccccc5c5ccccc45)c3)cc(-c3ccc4ccccc4c3)c2)cc1. The molecule has 0 aliphatic carbocycles. The van der Waals surface area contributed by atoms with E-state index in [0.717, 1.165) is 0 Å². The van der Waals surface area contributed by atoms with Crippen molar-refractivity contribution < 1.29 is 0 Å². The van der Waals surface area contributed by atoms with Crippen LogP contribution in [0.4, 0.5) is 0 Å². The summed E-state index contributed by atoms with van der Waals surface area (Å²) in [5.74, 6) is 0. The van der Waals surface area contributed by atoms with Gasteiger partial charge in [-0.05, 0) is 171 Å². The maximum atomic E-state index is 2.40. The summed E-state index contributed by atoms with van der Waals surface area (Å²) in [5, 5.41) is 10.0. The molecular formula is C58H38. The van der Waals surface area contributed by atoms with Crippen molar-refractivity contribution in [2.45, 2.75) is 0 Å². The molecule has 0 nitrogen and oxygen atoms in total. The van der Waals surface area contributed by atoms with Gasteiger partial charge in [-0.2, -0.15) is 0 Å². The molecule has 0 heteroatoms. The molecule has 0 saturated carbocycles. The first kappa shape index (κ1) is 33.8. The van der Waals surface area contributed by atoms with Crippen LogP contribution in [0, 0.1) is 0 Å². The molecule has 0 amide bonds. The highest BCUT2D eigenvalue weighted by Gasteiger charge is 2.15. The lowest BCUT2D eigenvalue weighted by Crippen LogP contribution is -1.91. The lowest BCUT2D eigenvalue weighted by molar-refractivity contribution is 1.55. The first-order valence-electron chi connectivity index (χ1n) is 20.1. The summed E-state index contributed by atoms with van der Waals surface area (Å²) in [7, 11) is 0. The normalized spacial score (nSPS) is 11.4. The molecule has 0 unspecified atom stereocenters. The third-order valence-electron chi connectivity index (χ3n) is 11.7. The Morgan fingerprint density at radius 3 is 1.16 bits per heavy atom. The van der Waals surface area contributed by atoms with Crippen LogP contribution in [0.15, 0.2) is 231 Å². The fourth-order valence-corrected chi connectivity index (χ4v) is 8.78. The smallest absolute Gasteiger partial charge is 0.00986 e. The Morgan fingerprint density at radius 2 is 0.534 bits per heavy atom. The molecule has 0 N–H and O–H groups in total. The first-order valence-corrected chi connectivity index (χ1v) is 20.1. The standard InChI is InChI=1S/C58H38/c1-2-13-39(14-3-1)49-32-50(47-28-26-41-16-5-7-18-43(41)30-47)34-52(33-49)53-35-51(45-21-12-20-44(31-45)46-27-25-40-15-4-6-17-42(40)29-46)36-54(37-53)58-38-48-19-8-9-22-55(48)56-23-10-11-24-57(56)58/h1-38H. The molecule has 0 fully saturated rings. The van der Waals surface area contributed by atoms with Gasteiger partial charge in [-0.3, -0.25) is 0 Å². The first-order chi connectivity index (χ1) is 28.7. The molecule has 0 saturated heterocycles. The van der Waals surface area contributed by atoms with E-state index in [1.807, 2.05) is 0 Å². The molecule has 11 rings (SSSR count). The largest absolute Gasteiger partial charge is 0.0622 e. The monoisotopic (exact) mass is 734 g/mol. The maximum Gasteiger partial charge on any atom is -0.00986 e. The van der Waals surface area contributed by atoms with Crippen LogP contribution in [-0.2, 0) is 0 Å². The maximum absolute atomic E-state index is 2.40. The van der Waals surface area contributed by atoms with Crippen molar-refractivity contribution in [3.63, 3.8) is 0 Å². The van der Waals surface area contributed by atoms with Gasteiger partial charge in [0.25, 0.3) is 0 Å². The van der Waals surface area contributed by atoms with Gasteiger partial charge in [-0.1, -0.05) is 170 Å². The van der Waals surface area contributed by atoms with E-state index in [1.54, 1.807) is 0 Å². The van der Waals surface area contributed by atoms with Crippen molar-refractivity contribution in [1.29, 1.82) is 0 Å². The molecule has 270 valence electrons. The number of benzene rings is 11. The highest BCUT2D eigenvalue weighted by atomic mass is 14.2. The Kier molecular flexibility index (Phi) is 8.26. The zero-order valence-corrected chi connectivity index (χ0v) is 31.9.